The Labute approximate surface area is 79.7 Å². The van der Waals surface area contributed by atoms with Gasteiger partial charge in [0.05, 0.1) is 5.92 Å². The van der Waals surface area contributed by atoms with Gasteiger partial charge in [0.2, 0.25) is 0 Å². The molecule has 0 aromatic carbocycles. The molecular weight excluding hydrogens is 166 g/mol. The van der Waals surface area contributed by atoms with E-state index in [0.717, 1.165) is 26.1 Å². The van der Waals surface area contributed by atoms with Crippen LogP contribution in [0.2, 0.25) is 0 Å². The summed E-state index contributed by atoms with van der Waals surface area (Å²) in [5.74, 6) is -0.814. The molecule has 76 valence electrons. The Morgan fingerprint density at radius 2 is 2.00 bits per heavy atom. The fourth-order valence-corrected chi connectivity index (χ4v) is 1.84. The molecule has 13 heavy (non-hydrogen) atoms. The Hall–Kier alpha value is -0.570. The Morgan fingerprint density at radius 3 is 2.46 bits per heavy atom. The lowest BCUT2D eigenvalue weighted by atomic mass is 10.0. The van der Waals surface area contributed by atoms with Crippen LogP contribution in [0.1, 0.15) is 32.6 Å². The fraction of sp³-hybridized carbons (Fsp3) is 0.900. The molecule has 0 aromatic rings. The zero-order chi connectivity index (χ0) is 9.68. The quantitative estimate of drug-likeness (QED) is 0.723. The minimum Gasteiger partial charge on any atom is -0.481 e. The highest BCUT2D eigenvalue weighted by Crippen LogP contribution is 2.12. The van der Waals surface area contributed by atoms with E-state index in [-0.39, 0.29) is 5.92 Å². The molecule has 1 saturated heterocycles. The molecule has 1 atom stereocenters. The van der Waals surface area contributed by atoms with Gasteiger partial charge in [-0.05, 0) is 32.4 Å². The molecule has 0 spiro atoms. The molecule has 1 aliphatic rings. The summed E-state index contributed by atoms with van der Waals surface area (Å²) in [5, 5.41) is 8.88. The van der Waals surface area contributed by atoms with Crippen molar-refractivity contribution in [1.29, 1.82) is 0 Å². The van der Waals surface area contributed by atoms with Gasteiger partial charge >= 0.3 is 5.97 Å². The minimum atomic E-state index is -0.645. The Kier molecular flexibility index (Phi) is 4.22. The van der Waals surface area contributed by atoms with Crippen molar-refractivity contribution in [3.63, 3.8) is 0 Å². The first-order valence-corrected chi connectivity index (χ1v) is 5.19. The van der Waals surface area contributed by atoms with Gasteiger partial charge in [0, 0.05) is 6.54 Å². The topological polar surface area (TPSA) is 40.5 Å². The number of piperidine rings is 1. The molecule has 1 rings (SSSR count). The summed E-state index contributed by atoms with van der Waals surface area (Å²) in [6, 6.07) is 0. The minimum absolute atomic E-state index is 0.168. The average Bonchev–Trinajstić information content (AvgIpc) is 2.15. The van der Waals surface area contributed by atoms with Gasteiger partial charge in [0.15, 0.2) is 0 Å². The third kappa shape index (κ3) is 3.35. The lowest BCUT2D eigenvalue weighted by Gasteiger charge is -2.28. The van der Waals surface area contributed by atoms with E-state index < -0.39 is 5.97 Å². The van der Waals surface area contributed by atoms with Crippen LogP contribution in [0.3, 0.4) is 0 Å². The first kappa shape index (κ1) is 10.5. The molecule has 0 bridgehead atoms. The van der Waals surface area contributed by atoms with Crippen molar-refractivity contribution in [2.24, 2.45) is 5.92 Å². The van der Waals surface area contributed by atoms with Crippen molar-refractivity contribution in [3.8, 4) is 0 Å². The van der Waals surface area contributed by atoms with Crippen molar-refractivity contribution in [3.05, 3.63) is 0 Å². The van der Waals surface area contributed by atoms with Crippen LogP contribution in [0.4, 0.5) is 0 Å². The van der Waals surface area contributed by atoms with Crippen molar-refractivity contribution < 1.29 is 9.90 Å². The Morgan fingerprint density at radius 1 is 1.38 bits per heavy atom. The Bertz CT molecular complexity index is 164. The van der Waals surface area contributed by atoms with E-state index in [0.29, 0.717) is 0 Å². The molecule has 1 unspecified atom stereocenters. The van der Waals surface area contributed by atoms with E-state index in [1.807, 2.05) is 6.92 Å². The second-order valence-corrected chi connectivity index (χ2v) is 3.80. The summed E-state index contributed by atoms with van der Waals surface area (Å²) in [6.07, 6.45) is 4.51. The summed E-state index contributed by atoms with van der Waals surface area (Å²) < 4.78 is 0. The van der Waals surface area contributed by atoms with E-state index in [1.54, 1.807) is 0 Å². The highest BCUT2D eigenvalue weighted by molar-refractivity contribution is 5.70. The monoisotopic (exact) mass is 185 g/mol. The van der Waals surface area contributed by atoms with Crippen LogP contribution in [0.5, 0.6) is 0 Å². The molecule has 0 saturated carbocycles. The van der Waals surface area contributed by atoms with Crippen LogP contribution in [0.25, 0.3) is 0 Å². The maximum absolute atomic E-state index is 10.8. The van der Waals surface area contributed by atoms with Crippen LogP contribution in [0.15, 0.2) is 0 Å². The smallest absolute Gasteiger partial charge is 0.307 e. The van der Waals surface area contributed by atoms with Gasteiger partial charge in [-0.3, -0.25) is 4.79 Å². The molecule has 1 N–H and O–H groups in total. The van der Waals surface area contributed by atoms with Crippen LogP contribution < -0.4 is 0 Å². The SMILES string of the molecule is CCC(CN1CCCCC1)C(=O)O. The summed E-state index contributed by atoms with van der Waals surface area (Å²) >= 11 is 0. The van der Waals surface area contributed by atoms with Crippen LogP contribution in [-0.4, -0.2) is 35.6 Å². The van der Waals surface area contributed by atoms with Crippen molar-refractivity contribution in [2.45, 2.75) is 32.6 Å². The predicted molar refractivity (Wildman–Crippen MR) is 51.7 cm³/mol. The van der Waals surface area contributed by atoms with Gasteiger partial charge in [-0.1, -0.05) is 13.3 Å². The zero-order valence-corrected chi connectivity index (χ0v) is 8.33. The zero-order valence-electron chi connectivity index (χ0n) is 8.33. The highest BCUT2D eigenvalue weighted by atomic mass is 16.4. The second kappa shape index (κ2) is 5.22. The normalized spacial score (nSPS) is 21.3. The molecule has 3 heteroatoms. The average molecular weight is 185 g/mol. The standard InChI is InChI=1S/C10H19NO2/c1-2-9(10(12)13)8-11-6-4-3-5-7-11/h9H,2-8H2,1H3,(H,12,13). The molecular formula is C10H19NO2. The second-order valence-electron chi connectivity index (χ2n) is 3.80. The molecule has 1 heterocycles. The van der Waals surface area contributed by atoms with E-state index in [9.17, 15) is 4.79 Å². The molecule has 1 aliphatic heterocycles. The maximum Gasteiger partial charge on any atom is 0.307 e. The molecule has 0 radical (unpaired) electrons. The first-order valence-electron chi connectivity index (χ1n) is 5.19. The van der Waals surface area contributed by atoms with Gasteiger partial charge in [-0.25, -0.2) is 0 Å². The fourth-order valence-electron chi connectivity index (χ4n) is 1.84. The number of carbonyl (C=O) groups is 1. The number of nitrogens with zero attached hydrogens (tertiary/aromatic N) is 1. The summed E-state index contributed by atoms with van der Waals surface area (Å²) in [7, 11) is 0. The predicted octanol–water partition coefficient (Wildman–Crippen LogP) is 1.58. The molecule has 0 amide bonds. The van der Waals surface area contributed by atoms with E-state index in [1.165, 1.54) is 19.3 Å². The molecule has 3 nitrogen and oxygen atoms in total. The van der Waals surface area contributed by atoms with Crippen molar-refractivity contribution in [1.82, 2.24) is 4.90 Å². The number of hydrogen-bond acceptors (Lipinski definition) is 2. The third-order valence-electron chi connectivity index (χ3n) is 2.77. The van der Waals surface area contributed by atoms with E-state index >= 15 is 0 Å². The number of carboxylic acid groups (broad SMARTS) is 1. The first-order chi connectivity index (χ1) is 6.24. The third-order valence-corrected chi connectivity index (χ3v) is 2.77. The molecule has 0 aromatic heterocycles. The van der Waals surface area contributed by atoms with Crippen molar-refractivity contribution >= 4 is 5.97 Å². The van der Waals surface area contributed by atoms with Gasteiger partial charge in [-0.2, -0.15) is 0 Å². The number of aliphatic carboxylic acids is 1. The summed E-state index contributed by atoms with van der Waals surface area (Å²) in [6.45, 7) is 4.86. The molecule has 0 aliphatic carbocycles. The summed E-state index contributed by atoms with van der Waals surface area (Å²) in [5.41, 5.74) is 0. The Balaban J connectivity index is 2.31. The number of likely N-dealkylation sites (tertiary alicyclic amines) is 1. The maximum atomic E-state index is 10.8. The largest absolute Gasteiger partial charge is 0.481 e. The van der Waals surface area contributed by atoms with Crippen LogP contribution in [0, 0.1) is 5.92 Å². The van der Waals surface area contributed by atoms with Gasteiger partial charge in [-0.15, -0.1) is 0 Å². The van der Waals surface area contributed by atoms with Gasteiger partial charge in [0.25, 0.3) is 0 Å². The number of carboxylic acids is 1. The number of rotatable bonds is 4. The molecule has 1 fully saturated rings. The van der Waals surface area contributed by atoms with E-state index in [2.05, 4.69) is 4.90 Å². The lowest BCUT2D eigenvalue weighted by Crippen LogP contribution is -2.36. The van der Waals surface area contributed by atoms with Crippen LogP contribution in [-0.2, 0) is 4.79 Å². The van der Waals surface area contributed by atoms with Gasteiger partial charge < -0.3 is 10.0 Å². The highest BCUT2D eigenvalue weighted by Gasteiger charge is 2.20. The van der Waals surface area contributed by atoms with Gasteiger partial charge in [0.1, 0.15) is 0 Å². The lowest BCUT2D eigenvalue weighted by molar-refractivity contribution is -0.142. The van der Waals surface area contributed by atoms with Crippen LogP contribution >= 0.6 is 0 Å². The van der Waals surface area contributed by atoms with E-state index in [4.69, 9.17) is 5.11 Å². The summed E-state index contributed by atoms with van der Waals surface area (Å²) in [4.78, 5) is 13.1. The number of hydrogen-bond donors (Lipinski definition) is 1. The van der Waals surface area contributed by atoms with Crippen molar-refractivity contribution in [2.75, 3.05) is 19.6 Å².